The van der Waals surface area contributed by atoms with Crippen molar-refractivity contribution < 1.29 is 0 Å². The van der Waals surface area contributed by atoms with Crippen LogP contribution in [-0.4, -0.2) is 6.54 Å². The van der Waals surface area contributed by atoms with E-state index in [0.717, 1.165) is 25.2 Å². The first-order valence-corrected chi connectivity index (χ1v) is 6.41. The summed E-state index contributed by atoms with van der Waals surface area (Å²) in [7, 11) is 0. The lowest BCUT2D eigenvalue weighted by molar-refractivity contribution is 0.838. The largest absolute Gasteiger partial charge is 0.399 e. The molecule has 3 rings (SSSR count). The standard InChI is InChI=1S/C13H14N2S/c14-12-2-1-11-3-5-15(13(11)7-12)8-10-4-6-16-9-10/h1-2,4,6-7,9H,3,5,8,14H2. The van der Waals surface area contributed by atoms with Crippen LogP contribution in [0, 0.1) is 0 Å². The first-order chi connectivity index (χ1) is 7.83. The molecule has 16 heavy (non-hydrogen) atoms. The highest BCUT2D eigenvalue weighted by Gasteiger charge is 2.18. The van der Waals surface area contributed by atoms with Crippen molar-refractivity contribution in [3.63, 3.8) is 0 Å². The summed E-state index contributed by atoms with van der Waals surface area (Å²) in [6.07, 6.45) is 1.14. The van der Waals surface area contributed by atoms with Crippen LogP contribution in [0.25, 0.3) is 0 Å². The van der Waals surface area contributed by atoms with E-state index in [1.165, 1.54) is 16.8 Å². The highest BCUT2D eigenvalue weighted by atomic mass is 32.1. The molecule has 0 unspecified atom stereocenters. The van der Waals surface area contributed by atoms with Crippen LogP contribution in [0.2, 0.25) is 0 Å². The normalized spacial score (nSPS) is 14.1. The fourth-order valence-corrected chi connectivity index (χ4v) is 2.89. The van der Waals surface area contributed by atoms with E-state index in [-0.39, 0.29) is 0 Å². The van der Waals surface area contributed by atoms with Gasteiger partial charge in [0.05, 0.1) is 0 Å². The van der Waals surface area contributed by atoms with Gasteiger partial charge in [-0.15, -0.1) is 0 Å². The van der Waals surface area contributed by atoms with Crippen LogP contribution >= 0.6 is 11.3 Å². The molecule has 1 aromatic heterocycles. The van der Waals surface area contributed by atoms with Crippen LogP contribution < -0.4 is 10.6 Å². The number of rotatable bonds is 2. The molecule has 3 heteroatoms. The Morgan fingerprint density at radius 3 is 3.06 bits per heavy atom. The first kappa shape index (κ1) is 9.73. The zero-order valence-corrected chi connectivity index (χ0v) is 9.83. The maximum absolute atomic E-state index is 5.84. The number of nitrogens with zero attached hydrogens (tertiary/aromatic N) is 1. The summed E-state index contributed by atoms with van der Waals surface area (Å²) in [6, 6.07) is 8.43. The van der Waals surface area contributed by atoms with Crippen LogP contribution in [0.4, 0.5) is 11.4 Å². The average Bonchev–Trinajstić information content (AvgIpc) is 2.90. The Labute approximate surface area is 99.3 Å². The second kappa shape index (κ2) is 3.83. The summed E-state index contributed by atoms with van der Waals surface area (Å²) < 4.78 is 0. The number of nitrogens with two attached hydrogens (primary N) is 1. The Balaban J connectivity index is 1.88. The quantitative estimate of drug-likeness (QED) is 0.804. The van der Waals surface area contributed by atoms with E-state index < -0.39 is 0 Å². The lowest BCUT2D eigenvalue weighted by atomic mass is 10.1. The minimum atomic E-state index is 0.857. The topological polar surface area (TPSA) is 29.3 Å². The zero-order valence-electron chi connectivity index (χ0n) is 9.02. The Hall–Kier alpha value is -1.48. The molecule has 0 atom stereocenters. The molecule has 1 aromatic carbocycles. The molecular formula is C13H14N2S. The Morgan fingerprint density at radius 1 is 1.31 bits per heavy atom. The lowest BCUT2D eigenvalue weighted by Gasteiger charge is -2.18. The van der Waals surface area contributed by atoms with Gasteiger partial charge in [-0.3, -0.25) is 0 Å². The number of hydrogen-bond acceptors (Lipinski definition) is 3. The third-order valence-electron chi connectivity index (χ3n) is 3.05. The summed E-state index contributed by atoms with van der Waals surface area (Å²) in [5.41, 5.74) is 10.8. The van der Waals surface area contributed by atoms with Crippen molar-refractivity contribution in [2.45, 2.75) is 13.0 Å². The summed E-state index contributed by atoms with van der Waals surface area (Å²) in [5.74, 6) is 0. The van der Waals surface area contributed by atoms with E-state index in [2.05, 4.69) is 33.9 Å². The number of hydrogen-bond donors (Lipinski definition) is 1. The monoisotopic (exact) mass is 230 g/mol. The predicted octanol–water partition coefficient (Wildman–Crippen LogP) is 2.89. The predicted molar refractivity (Wildman–Crippen MR) is 69.9 cm³/mol. The van der Waals surface area contributed by atoms with Crippen molar-refractivity contribution in [3.05, 3.63) is 46.2 Å². The van der Waals surface area contributed by atoms with Gasteiger partial charge < -0.3 is 10.6 Å². The van der Waals surface area contributed by atoms with Crippen molar-refractivity contribution in [3.8, 4) is 0 Å². The Bertz CT molecular complexity index is 491. The molecule has 1 aliphatic heterocycles. The van der Waals surface area contributed by atoms with Crippen molar-refractivity contribution in [2.24, 2.45) is 0 Å². The number of benzene rings is 1. The van der Waals surface area contributed by atoms with Crippen molar-refractivity contribution in [1.29, 1.82) is 0 Å². The minimum Gasteiger partial charge on any atom is -0.399 e. The smallest absolute Gasteiger partial charge is 0.0437 e. The molecule has 0 aliphatic carbocycles. The second-order valence-electron chi connectivity index (χ2n) is 4.19. The molecule has 2 aromatic rings. The Kier molecular flexibility index (Phi) is 2.33. The molecule has 0 spiro atoms. The maximum atomic E-state index is 5.84. The van der Waals surface area contributed by atoms with Gasteiger partial charge in [-0.25, -0.2) is 0 Å². The molecule has 0 fully saturated rings. The molecule has 2 nitrogen and oxygen atoms in total. The molecule has 2 heterocycles. The van der Waals surface area contributed by atoms with E-state index in [4.69, 9.17) is 5.73 Å². The molecule has 1 aliphatic rings. The highest BCUT2D eigenvalue weighted by Crippen LogP contribution is 2.31. The van der Waals surface area contributed by atoms with Gasteiger partial charge in [0.15, 0.2) is 0 Å². The Morgan fingerprint density at radius 2 is 2.25 bits per heavy atom. The second-order valence-corrected chi connectivity index (χ2v) is 4.97. The van der Waals surface area contributed by atoms with E-state index >= 15 is 0 Å². The van der Waals surface area contributed by atoms with Gasteiger partial charge in [-0.05, 0) is 46.5 Å². The van der Waals surface area contributed by atoms with Crippen molar-refractivity contribution >= 4 is 22.7 Å². The molecule has 0 amide bonds. The van der Waals surface area contributed by atoms with Gasteiger partial charge in [0, 0.05) is 24.5 Å². The van der Waals surface area contributed by atoms with E-state index in [0.29, 0.717) is 0 Å². The van der Waals surface area contributed by atoms with Crippen molar-refractivity contribution in [1.82, 2.24) is 0 Å². The third kappa shape index (κ3) is 1.67. The lowest BCUT2D eigenvalue weighted by Crippen LogP contribution is -2.19. The molecule has 2 N–H and O–H groups in total. The number of nitrogen functional groups attached to an aromatic ring is 1. The van der Waals surface area contributed by atoms with Gasteiger partial charge in [0.25, 0.3) is 0 Å². The summed E-state index contributed by atoms with van der Waals surface area (Å²) in [5, 5.41) is 4.34. The number of thiophene rings is 1. The van der Waals surface area contributed by atoms with E-state index in [9.17, 15) is 0 Å². The molecule has 0 saturated heterocycles. The average molecular weight is 230 g/mol. The van der Waals surface area contributed by atoms with Gasteiger partial charge in [0.1, 0.15) is 0 Å². The zero-order chi connectivity index (χ0) is 11.0. The van der Waals surface area contributed by atoms with Gasteiger partial charge in [0.2, 0.25) is 0 Å². The van der Waals surface area contributed by atoms with Crippen LogP contribution in [0.3, 0.4) is 0 Å². The molecule has 82 valence electrons. The van der Waals surface area contributed by atoms with E-state index in [1.807, 2.05) is 6.07 Å². The molecule has 0 radical (unpaired) electrons. The molecule has 0 bridgehead atoms. The van der Waals surface area contributed by atoms with Gasteiger partial charge in [-0.2, -0.15) is 11.3 Å². The maximum Gasteiger partial charge on any atom is 0.0437 e. The summed E-state index contributed by atoms with van der Waals surface area (Å²) in [4.78, 5) is 2.41. The van der Waals surface area contributed by atoms with E-state index in [1.54, 1.807) is 11.3 Å². The minimum absolute atomic E-state index is 0.857. The molecule has 0 saturated carbocycles. The van der Waals surface area contributed by atoms with Crippen LogP contribution in [0.15, 0.2) is 35.0 Å². The molecular weight excluding hydrogens is 216 g/mol. The van der Waals surface area contributed by atoms with Gasteiger partial charge in [-0.1, -0.05) is 6.07 Å². The fraction of sp³-hybridized carbons (Fsp3) is 0.231. The van der Waals surface area contributed by atoms with Crippen LogP contribution in [-0.2, 0) is 13.0 Å². The highest BCUT2D eigenvalue weighted by molar-refractivity contribution is 7.07. The fourth-order valence-electron chi connectivity index (χ4n) is 2.23. The summed E-state index contributed by atoms with van der Waals surface area (Å²) >= 11 is 1.76. The van der Waals surface area contributed by atoms with Crippen LogP contribution in [0.5, 0.6) is 0 Å². The van der Waals surface area contributed by atoms with Gasteiger partial charge >= 0.3 is 0 Å². The first-order valence-electron chi connectivity index (χ1n) is 5.47. The van der Waals surface area contributed by atoms with Crippen molar-refractivity contribution in [2.75, 3.05) is 17.2 Å². The number of fused-ring (bicyclic) bond motifs is 1. The SMILES string of the molecule is Nc1ccc2c(c1)N(Cc1ccsc1)CC2. The summed E-state index contributed by atoms with van der Waals surface area (Å²) in [6.45, 7) is 2.11. The number of anilines is 2. The third-order valence-corrected chi connectivity index (χ3v) is 3.79. The van der Waals surface area contributed by atoms with Crippen LogP contribution in [0.1, 0.15) is 11.1 Å².